The van der Waals surface area contributed by atoms with Crippen LogP contribution in [-0.2, 0) is 9.53 Å². The van der Waals surface area contributed by atoms with Crippen LogP contribution in [0.25, 0.3) is 10.8 Å². The molecule has 0 heterocycles. The third-order valence-electron chi connectivity index (χ3n) is 4.63. The normalized spacial score (nSPS) is 11.7. The van der Waals surface area contributed by atoms with E-state index in [0.717, 1.165) is 29.0 Å². The van der Waals surface area contributed by atoms with E-state index in [4.69, 9.17) is 14.2 Å². The number of rotatable bonds is 10. The highest BCUT2D eigenvalue weighted by atomic mass is 16.5. The first-order chi connectivity index (χ1) is 14.2. The molecule has 0 aliphatic heterocycles. The molecule has 0 fully saturated rings. The van der Waals surface area contributed by atoms with Crippen LogP contribution in [0.4, 0.5) is 5.69 Å². The number of ether oxygens (including phenoxy) is 3. The summed E-state index contributed by atoms with van der Waals surface area (Å²) in [4.78, 5) is 12.3. The lowest BCUT2D eigenvalue weighted by atomic mass is 10.1. The zero-order chi connectivity index (χ0) is 20.5. The third kappa shape index (κ3) is 5.88. The summed E-state index contributed by atoms with van der Waals surface area (Å²) in [5.74, 6) is 1.35. The van der Waals surface area contributed by atoms with E-state index in [2.05, 4.69) is 23.5 Å². The average Bonchev–Trinajstić information content (AvgIpc) is 2.76. The summed E-state index contributed by atoms with van der Waals surface area (Å²) in [7, 11) is 1.62. The molecule has 0 radical (unpaired) electrons. The quantitative estimate of drug-likeness (QED) is 0.386. The van der Waals surface area contributed by atoms with Crippen LogP contribution in [-0.4, -0.2) is 32.3 Å². The summed E-state index contributed by atoms with van der Waals surface area (Å²) in [6.45, 7) is 2.69. The van der Waals surface area contributed by atoms with Gasteiger partial charge in [-0.05, 0) is 66.9 Å². The Morgan fingerprint density at radius 2 is 1.69 bits per heavy atom. The summed E-state index contributed by atoms with van der Waals surface area (Å²) < 4.78 is 16.3. The van der Waals surface area contributed by atoms with E-state index in [1.807, 2.05) is 55.5 Å². The molecule has 29 heavy (non-hydrogen) atoms. The van der Waals surface area contributed by atoms with Gasteiger partial charge in [-0.15, -0.1) is 0 Å². The van der Waals surface area contributed by atoms with Gasteiger partial charge < -0.3 is 19.5 Å². The Morgan fingerprint density at radius 3 is 2.41 bits per heavy atom. The van der Waals surface area contributed by atoms with Crippen molar-refractivity contribution in [3.8, 4) is 11.5 Å². The van der Waals surface area contributed by atoms with E-state index in [0.29, 0.717) is 19.6 Å². The Balaban J connectivity index is 1.54. The molecule has 0 aliphatic rings. The van der Waals surface area contributed by atoms with E-state index in [-0.39, 0.29) is 5.97 Å². The van der Waals surface area contributed by atoms with Crippen LogP contribution in [0.1, 0.15) is 19.8 Å². The second-order valence-corrected chi connectivity index (χ2v) is 6.68. The number of benzene rings is 3. The molecule has 0 aliphatic carbocycles. The van der Waals surface area contributed by atoms with Gasteiger partial charge in [-0.3, -0.25) is 0 Å². The van der Waals surface area contributed by atoms with E-state index in [1.54, 1.807) is 7.11 Å². The van der Waals surface area contributed by atoms with Gasteiger partial charge in [0.1, 0.15) is 17.5 Å². The predicted octanol–water partition coefficient (Wildman–Crippen LogP) is 5.05. The molecule has 0 bridgehead atoms. The molecule has 3 rings (SSSR count). The van der Waals surface area contributed by atoms with Crippen LogP contribution in [0.15, 0.2) is 66.7 Å². The van der Waals surface area contributed by atoms with E-state index in [9.17, 15) is 4.79 Å². The highest BCUT2D eigenvalue weighted by Gasteiger charge is 2.19. The molecule has 1 N–H and O–H groups in total. The second kappa shape index (κ2) is 10.4. The SMILES string of the molecule is CCOC(=O)C(CCCOc1ccc2ccccc2c1)Nc1ccc(OC)cc1. The van der Waals surface area contributed by atoms with Gasteiger partial charge in [0, 0.05) is 5.69 Å². The first kappa shape index (κ1) is 20.5. The summed E-state index contributed by atoms with van der Waals surface area (Å²) in [5, 5.41) is 5.59. The molecule has 0 saturated carbocycles. The number of nitrogens with one attached hydrogen (secondary N) is 1. The smallest absolute Gasteiger partial charge is 0.328 e. The molecule has 0 aromatic heterocycles. The highest BCUT2D eigenvalue weighted by Crippen LogP contribution is 2.21. The summed E-state index contributed by atoms with van der Waals surface area (Å²) >= 11 is 0. The number of carbonyl (C=O) groups excluding carboxylic acids is 1. The predicted molar refractivity (Wildman–Crippen MR) is 116 cm³/mol. The number of methoxy groups -OCH3 is 1. The lowest BCUT2D eigenvalue weighted by molar-refractivity contribution is -0.144. The van der Waals surface area contributed by atoms with Crippen molar-refractivity contribution in [2.24, 2.45) is 0 Å². The van der Waals surface area contributed by atoms with Gasteiger partial charge in [-0.1, -0.05) is 30.3 Å². The number of fused-ring (bicyclic) bond motifs is 1. The minimum Gasteiger partial charge on any atom is -0.497 e. The Morgan fingerprint density at radius 1 is 0.966 bits per heavy atom. The fourth-order valence-electron chi connectivity index (χ4n) is 3.11. The standard InChI is InChI=1S/C24H27NO4/c1-3-28-24(26)23(25-20-11-14-21(27-2)15-12-20)9-6-16-29-22-13-10-18-7-4-5-8-19(18)17-22/h4-5,7-8,10-15,17,23,25H,3,6,9,16H2,1-2H3. The summed E-state index contributed by atoms with van der Waals surface area (Å²) in [6, 6.07) is 21.3. The van der Waals surface area contributed by atoms with E-state index >= 15 is 0 Å². The van der Waals surface area contributed by atoms with Gasteiger partial charge >= 0.3 is 5.97 Å². The Hall–Kier alpha value is -3.21. The molecule has 3 aromatic rings. The number of esters is 1. The van der Waals surface area contributed by atoms with E-state index < -0.39 is 6.04 Å². The van der Waals surface area contributed by atoms with Crippen molar-refractivity contribution in [2.45, 2.75) is 25.8 Å². The number of hydrogen-bond acceptors (Lipinski definition) is 5. The molecule has 0 amide bonds. The molecule has 5 heteroatoms. The van der Waals surface area contributed by atoms with Gasteiger partial charge in [0.2, 0.25) is 0 Å². The van der Waals surface area contributed by atoms with Crippen molar-refractivity contribution in [1.29, 1.82) is 0 Å². The van der Waals surface area contributed by atoms with Crippen molar-refractivity contribution in [3.63, 3.8) is 0 Å². The number of carbonyl (C=O) groups is 1. The zero-order valence-corrected chi connectivity index (χ0v) is 16.9. The van der Waals surface area contributed by atoms with Crippen LogP contribution >= 0.6 is 0 Å². The Labute approximate surface area is 171 Å². The van der Waals surface area contributed by atoms with Gasteiger partial charge in [0.05, 0.1) is 20.3 Å². The molecule has 152 valence electrons. The maximum absolute atomic E-state index is 12.3. The molecule has 5 nitrogen and oxygen atoms in total. The van der Waals surface area contributed by atoms with Crippen molar-refractivity contribution >= 4 is 22.4 Å². The lowest BCUT2D eigenvalue weighted by Crippen LogP contribution is -2.31. The monoisotopic (exact) mass is 393 g/mol. The topological polar surface area (TPSA) is 56.8 Å². The minimum absolute atomic E-state index is 0.256. The molecule has 0 saturated heterocycles. The molecule has 0 spiro atoms. The fraction of sp³-hybridized carbons (Fsp3) is 0.292. The zero-order valence-electron chi connectivity index (χ0n) is 16.9. The third-order valence-corrected chi connectivity index (χ3v) is 4.63. The minimum atomic E-state index is -0.427. The molecular weight excluding hydrogens is 366 g/mol. The van der Waals surface area contributed by atoms with Crippen molar-refractivity contribution in [2.75, 3.05) is 25.6 Å². The van der Waals surface area contributed by atoms with Crippen LogP contribution in [0.3, 0.4) is 0 Å². The second-order valence-electron chi connectivity index (χ2n) is 6.68. The van der Waals surface area contributed by atoms with Crippen LogP contribution in [0, 0.1) is 0 Å². The Kier molecular flexibility index (Phi) is 7.34. The summed E-state index contributed by atoms with van der Waals surface area (Å²) in [6.07, 6.45) is 1.33. The van der Waals surface area contributed by atoms with Crippen molar-refractivity contribution < 1.29 is 19.0 Å². The van der Waals surface area contributed by atoms with Gasteiger partial charge in [-0.25, -0.2) is 4.79 Å². The van der Waals surface area contributed by atoms with Gasteiger partial charge in [0.15, 0.2) is 0 Å². The maximum atomic E-state index is 12.3. The first-order valence-electron chi connectivity index (χ1n) is 9.88. The van der Waals surface area contributed by atoms with Gasteiger partial charge in [0.25, 0.3) is 0 Å². The Bertz CT molecular complexity index is 924. The molecular formula is C24H27NO4. The van der Waals surface area contributed by atoms with Crippen molar-refractivity contribution in [3.05, 3.63) is 66.7 Å². The van der Waals surface area contributed by atoms with Crippen LogP contribution in [0.5, 0.6) is 11.5 Å². The van der Waals surface area contributed by atoms with E-state index in [1.165, 1.54) is 5.39 Å². The molecule has 1 atom stereocenters. The number of anilines is 1. The summed E-state index contributed by atoms with van der Waals surface area (Å²) in [5.41, 5.74) is 0.847. The van der Waals surface area contributed by atoms with Gasteiger partial charge in [-0.2, -0.15) is 0 Å². The van der Waals surface area contributed by atoms with Crippen LogP contribution < -0.4 is 14.8 Å². The molecule has 3 aromatic carbocycles. The van der Waals surface area contributed by atoms with Crippen molar-refractivity contribution in [1.82, 2.24) is 0 Å². The van der Waals surface area contributed by atoms with Crippen LogP contribution in [0.2, 0.25) is 0 Å². The molecule has 1 unspecified atom stereocenters. The first-order valence-corrected chi connectivity index (χ1v) is 9.88. The average molecular weight is 393 g/mol. The largest absolute Gasteiger partial charge is 0.497 e. The lowest BCUT2D eigenvalue weighted by Gasteiger charge is -2.19. The number of hydrogen-bond donors (Lipinski definition) is 1. The fourth-order valence-corrected chi connectivity index (χ4v) is 3.11. The highest BCUT2D eigenvalue weighted by molar-refractivity contribution is 5.83. The maximum Gasteiger partial charge on any atom is 0.328 e.